The Balaban J connectivity index is 1.62. The van der Waals surface area contributed by atoms with Crippen molar-refractivity contribution in [2.75, 3.05) is 19.8 Å². The highest BCUT2D eigenvalue weighted by molar-refractivity contribution is 5.81. The molecule has 7 nitrogen and oxygen atoms in total. The fourth-order valence-electron chi connectivity index (χ4n) is 3.31. The number of aliphatic carboxylic acids is 1. The van der Waals surface area contributed by atoms with E-state index in [1.807, 2.05) is 48.5 Å². The average Bonchev–Trinajstić information content (AvgIpc) is 2.99. The van der Waals surface area contributed by atoms with Gasteiger partial charge in [0.15, 0.2) is 6.04 Å². The van der Waals surface area contributed by atoms with Crippen LogP contribution < -0.4 is 5.32 Å². The summed E-state index contributed by atoms with van der Waals surface area (Å²) in [4.78, 5) is 23.4. The molecule has 0 spiro atoms. The molecule has 3 N–H and O–H groups in total. The van der Waals surface area contributed by atoms with Crippen molar-refractivity contribution in [1.29, 1.82) is 0 Å². The summed E-state index contributed by atoms with van der Waals surface area (Å²) in [6.07, 6.45) is -1.54. The Morgan fingerprint density at radius 3 is 2.14 bits per heavy atom. The van der Waals surface area contributed by atoms with Crippen LogP contribution in [-0.4, -0.2) is 54.2 Å². The Bertz CT molecular complexity index is 805. The number of carboxylic acid groups (broad SMARTS) is 1. The number of hydrogen-bond acceptors (Lipinski definition) is 5. The fraction of sp³-hybridized carbons (Fsp3) is 0.333. The lowest BCUT2D eigenvalue weighted by atomic mass is 9.98. The molecule has 1 amide bonds. The molecule has 0 heterocycles. The van der Waals surface area contributed by atoms with Crippen LogP contribution in [0.15, 0.2) is 48.5 Å². The second kappa shape index (κ2) is 8.86. The van der Waals surface area contributed by atoms with Crippen LogP contribution in [0.1, 0.15) is 24.0 Å². The quantitative estimate of drug-likeness (QED) is 0.644. The standard InChI is InChI=1S/C21H23NO6/c1-13(23)10-27-12-19(20(24)25)22-21(26)28-11-18-16-8-4-2-6-14(16)15-7-3-5-9-17(15)18/h2-9,13,18-19,23H,10-12H2,1H3,(H,22,26)(H,24,25)/t13-,19+/m1/s1. The minimum Gasteiger partial charge on any atom is -0.480 e. The molecular weight excluding hydrogens is 362 g/mol. The second-order valence-corrected chi connectivity index (χ2v) is 6.75. The van der Waals surface area contributed by atoms with E-state index in [4.69, 9.17) is 14.6 Å². The van der Waals surface area contributed by atoms with Crippen LogP contribution in [0.3, 0.4) is 0 Å². The molecular formula is C21H23NO6. The van der Waals surface area contributed by atoms with E-state index in [2.05, 4.69) is 5.32 Å². The number of carbonyl (C=O) groups is 2. The van der Waals surface area contributed by atoms with Crippen LogP contribution in [0.25, 0.3) is 11.1 Å². The molecule has 0 unspecified atom stereocenters. The molecule has 0 saturated heterocycles. The van der Waals surface area contributed by atoms with Crippen molar-refractivity contribution >= 4 is 12.1 Å². The van der Waals surface area contributed by atoms with Gasteiger partial charge in [-0.05, 0) is 29.2 Å². The van der Waals surface area contributed by atoms with Gasteiger partial charge in [-0.15, -0.1) is 0 Å². The maximum absolute atomic E-state index is 12.1. The molecule has 1 aliphatic rings. The number of nitrogens with one attached hydrogen (secondary N) is 1. The first kappa shape index (κ1) is 19.9. The Morgan fingerprint density at radius 1 is 1.04 bits per heavy atom. The number of hydrogen-bond donors (Lipinski definition) is 3. The Labute approximate surface area is 162 Å². The van der Waals surface area contributed by atoms with Crippen molar-refractivity contribution < 1.29 is 29.3 Å². The van der Waals surface area contributed by atoms with Crippen LogP contribution in [-0.2, 0) is 14.3 Å². The smallest absolute Gasteiger partial charge is 0.407 e. The van der Waals surface area contributed by atoms with E-state index in [1.54, 1.807) is 0 Å². The Morgan fingerprint density at radius 2 is 1.61 bits per heavy atom. The van der Waals surface area contributed by atoms with Gasteiger partial charge in [-0.1, -0.05) is 48.5 Å². The predicted octanol–water partition coefficient (Wildman–Crippen LogP) is 2.38. The van der Waals surface area contributed by atoms with Gasteiger partial charge < -0.3 is 25.0 Å². The number of carbonyl (C=O) groups excluding carboxylic acids is 1. The van der Waals surface area contributed by atoms with Crippen LogP contribution in [0.4, 0.5) is 4.79 Å². The normalized spacial score (nSPS) is 14.6. The summed E-state index contributed by atoms with van der Waals surface area (Å²) in [5.74, 6) is -1.34. The number of aliphatic hydroxyl groups is 1. The molecule has 2 aromatic rings. The molecule has 0 aromatic heterocycles. The highest BCUT2D eigenvalue weighted by Gasteiger charge is 2.29. The molecule has 0 bridgehead atoms. The molecule has 0 aliphatic heterocycles. The van der Waals surface area contributed by atoms with E-state index >= 15 is 0 Å². The molecule has 2 atom stereocenters. The van der Waals surface area contributed by atoms with E-state index in [-0.39, 0.29) is 25.7 Å². The van der Waals surface area contributed by atoms with E-state index in [0.29, 0.717) is 0 Å². The maximum atomic E-state index is 12.1. The molecule has 7 heteroatoms. The van der Waals surface area contributed by atoms with E-state index < -0.39 is 24.2 Å². The van der Waals surface area contributed by atoms with Crippen molar-refractivity contribution in [1.82, 2.24) is 5.32 Å². The largest absolute Gasteiger partial charge is 0.480 e. The minimum atomic E-state index is -1.26. The lowest BCUT2D eigenvalue weighted by molar-refractivity contribution is -0.141. The summed E-state index contributed by atoms with van der Waals surface area (Å²) >= 11 is 0. The summed E-state index contributed by atoms with van der Waals surface area (Å²) in [6, 6.07) is 14.6. The highest BCUT2D eigenvalue weighted by Crippen LogP contribution is 2.44. The second-order valence-electron chi connectivity index (χ2n) is 6.75. The lowest BCUT2D eigenvalue weighted by Crippen LogP contribution is -2.44. The van der Waals surface area contributed by atoms with E-state index in [9.17, 15) is 14.7 Å². The van der Waals surface area contributed by atoms with Crippen LogP contribution in [0, 0.1) is 0 Å². The zero-order valence-electron chi connectivity index (χ0n) is 15.5. The van der Waals surface area contributed by atoms with E-state index in [0.717, 1.165) is 22.3 Å². The number of aliphatic hydroxyl groups excluding tert-OH is 1. The molecule has 0 saturated carbocycles. The number of ether oxygens (including phenoxy) is 2. The van der Waals surface area contributed by atoms with Crippen molar-refractivity contribution in [2.24, 2.45) is 0 Å². The number of benzene rings is 2. The number of fused-ring (bicyclic) bond motifs is 3. The van der Waals surface area contributed by atoms with Crippen molar-refractivity contribution in [3.05, 3.63) is 59.7 Å². The Kier molecular flexibility index (Phi) is 6.28. The first-order chi connectivity index (χ1) is 13.5. The minimum absolute atomic E-state index is 0.0177. The SMILES string of the molecule is C[C@@H](O)COC[C@H](NC(=O)OCC1c2ccccc2-c2ccccc21)C(=O)O. The van der Waals surface area contributed by atoms with Gasteiger partial charge in [-0.3, -0.25) is 0 Å². The number of alkyl carbamates (subject to hydrolysis) is 1. The predicted molar refractivity (Wildman–Crippen MR) is 102 cm³/mol. The van der Waals surface area contributed by atoms with Gasteiger partial charge in [0.1, 0.15) is 6.61 Å². The van der Waals surface area contributed by atoms with Gasteiger partial charge in [-0.25, -0.2) is 9.59 Å². The molecule has 3 rings (SSSR count). The van der Waals surface area contributed by atoms with Crippen molar-refractivity contribution in [3.63, 3.8) is 0 Å². The summed E-state index contributed by atoms with van der Waals surface area (Å²) in [7, 11) is 0. The third-order valence-corrected chi connectivity index (χ3v) is 4.58. The molecule has 0 radical (unpaired) electrons. The topological polar surface area (TPSA) is 105 Å². The van der Waals surface area contributed by atoms with Gasteiger partial charge in [0.05, 0.1) is 19.3 Å². The van der Waals surface area contributed by atoms with E-state index in [1.165, 1.54) is 6.92 Å². The zero-order chi connectivity index (χ0) is 20.1. The summed E-state index contributed by atoms with van der Waals surface area (Å²) < 4.78 is 10.4. The summed E-state index contributed by atoms with van der Waals surface area (Å²) in [6.45, 7) is 1.34. The van der Waals surface area contributed by atoms with Gasteiger partial charge in [-0.2, -0.15) is 0 Å². The van der Waals surface area contributed by atoms with Crippen LogP contribution in [0.2, 0.25) is 0 Å². The average molecular weight is 385 g/mol. The summed E-state index contributed by atoms with van der Waals surface area (Å²) in [5, 5.41) is 20.7. The van der Waals surface area contributed by atoms with Crippen LogP contribution in [0.5, 0.6) is 0 Å². The molecule has 148 valence electrons. The third kappa shape index (κ3) is 4.49. The fourth-order valence-corrected chi connectivity index (χ4v) is 3.31. The van der Waals surface area contributed by atoms with Crippen molar-refractivity contribution in [3.8, 4) is 11.1 Å². The number of carboxylic acids is 1. The highest BCUT2D eigenvalue weighted by atomic mass is 16.6. The van der Waals surface area contributed by atoms with Gasteiger partial charge in [0.2, 0.25) is 0 Å². The first-order valence-electron chi connectivity index (χ1n) is 9.07. The van der Waals surface area contributed by atoms with Crippen LogP contribution >= 0.6 is 0 Å². The van der Waals surface area contributed by atoms with Gasteiger partial charge in [0, 0.05) is 5.92 Å². The molecule has 1 aliphatic carbocycles. The molecule has 28 heavy (non-hydrogen) atoms. The molecule has 0 fully saturated rings. The molecule has 2 aromatic carbocycles. The Hall–Kier alpha value is -2.90. The lowest BCUT2D eigenvalue weighted by Gasteiger charge is -2.18. The number of rotatable bonds is 8. The maximum Gasteiger partial charge on any atom is 0.407 e. The monoisotopic (exact) mass is 385 g/mol. The van der Waals surface area contributed by atoms with Gasteiger partial charge >= 0.3 is 12.1 Å². The summed E-state index contributed by atoms with van der Waals surface area (Å²) in [5.41, 5.74) is 4.38. The van der Waals surface area contributed by atoms with Gasteiger partial charge in [0.25, 0.3) is 0 Å². The number of amides is 1. The van der Waals surface area contributed by atoms with Crippen molar-refractivity contribution in [2.45, 2.75) is 25.0 Å². The first-order valence-corrected chi connectivity index (χ1v) is 9.07. The third-order valence-electron chi connectivity index (χ3n) is 4.58. The zero-order valence-corrected chi connectivity index (χ0v) is 15.5.